The van der Waals surface area contributed by atoms with Crippen molar-refractivity contribution in [3.63, 3.8) is 0 Å². The molecule has 3 heterocycles. The SMILES string of the molecule is COc1c(C)cnc(Cn2cc(C#CCOCCCOCCC(=O)O)c3c(Cl)nc(N)nc32)c1C. The minimum absolute atomic E-state index is 0.00898. The van der Waals surface area contributed by atoms with Crippen LogP contribution in [0.15, 0.2) is 12.4 Å². The van der Waals surface area contributed by atoms with Gasteiger partial charge in [-0.05, 0) is 20.3 Å². The van der Waals surface area contributed by atoms with Gasteiger partial charge >= 0.3 is 5.97 Å². The smallest absolute Gasteiger partial charge is 0.305 e. The number of aryl methyl sites for hydroxylation is 1. The summed E-state index contributed by atoms with van der Waals surface area (Å²) in [6, 6.07) is 0. The van der Waals surface area contributed by atoms with Crippen LogP contribution in [0.5, 0.6) is 5.75 Å². The molecule has 0 amide bonds. The van der Waals surface area contributed by atoms with Crippen LogP contribution in [-0.4, -0.2) is 64.1 Å². The Hall–Kier alpha value is -3.39. The van der Waals surface area contributed by atoms with E-state index in [4.69, 9.17) is 36.7 Å². The quantitative estimate of drug-likeness (QED) is 0.231. The molecule has 0 saturated carbocycles. The van der Waals surface area contributed by atoms with Crippen LogP contribution in [0.3, 0.4) is 0 Å². The molecule has 0 aromatic carbocycles. The number of nitrogens with zero attached hydrogens (tertiary/aromatic N) is 4. The van der Waals surface area contributed by atoms with E-state index >= 15 is 0 Å². The molecule has 0 radical (unpaired) electrons. The molecule has 0 unspecified atom stereocenters. The number of anilines is 1. The summed E-state index contributed by atoms with van der Waals surface area (Å²) in [5.41, 5.74) is 9.79. The average molecular weight is 502 g/mol. The fourth-order valence-corrected chi connectivity index (χ4v) is 3.82. The van der Waals surface area contributed by atoms with E-state index in [0.29, 0.717) is 42.8 Å². The van der Waals surface area contributed by atoms with Crippen molar-refractivity contribution in [1.82, 2.24) is 19.5 Å². The van der Waals surface area contributed by atoms with Gasteiger partial charge in [-0.15, -0.1) is 0 Å². The Morgan fingerprint density at radius 2 is 2.00 bits per heavy atom. The molecule has 3 N–H and O–H groups in total. The Bertz CT molecular complexity index is 1260. The van der Waals surface area contributed by atoms with Gasteiger partial charge in [0.2, 0.25) is 5.95 Å². The maximum absolute atomic E-state index is 10.4. The molecule has 0 spiro atoms. The van der Waals surface area contributed by atoms with Gasteiger partial charge in [-0.3, -0.25) is 9.78 Å². The fourth-order valence-electron chi connectivity index (χ4n) is 3.55. The van der Waals surface area contributed by atoms with Crippen LogP contribution >= 0.6 is 11.6 Å². The molecule has 35 heavy (non-hydrogen) atoms. The van der Waals surface area contributed by atoms with Crippen LogP contribution in [-0.2, 0) is 20.8 Å². The number of carbonyl (C=O) groups is 1. The number of fused-ring (bicyclic) bond motifs is 1. The van der Waals surface area contributed by atoms with Crippen molar-refractivity contribution < 1.29 is 24.1 Å². The maximum Gasteiger partial charge on any atom is 0.305 e. The molecule has 0 atom stereocenters. The van der Waals surface area contributed by atoms with Crippen LogP contribution < -0.4 is 10.5 Å². The summed E-state index contributed by atoms with van der Waals surface area (Å²) in [6.45, 7) is 5.62. The number of aromatic nitrogens is 4. The number of hydrogen-bond acceptors (Lipinski definition) is 8. The molecule has 0 saturated heterocycles. The molecule has 0 aliphatic carbocycles. The van der Waals surface area contributed by atoms with Crippen molar-refractivity contribution in [2.75, 3.05) is 39.3 Å². The van der Waals surface area contributed by atoms with Crippen molar-refractivity contribution in [2.24, 2.45) is 0 Å². The third-order valence-electron chi connectivity index (χ3n) is 5.19. The van der Waals surface area contributed by atoms with Gasteiger partial charge in [0.25, 0.3) is 0 Å². The van der Waals surface area contributed by atoms with Gasteiger partial charge in [-0.25, -0.2) is 4.98 Å². The van der Waals surface area contributed by atoms with Gasteiger partial charge in [0.1, 0.15) is 23.2 Å². The van der Waals surface area contributed by atoms with Crippen molar-refractivity contribution >= 4 is 34.6 Å². The molecular weight excluding hydrogens is 474 g/mol. The van der Waals surface area contributed by atoms with E-state index in [0.717, 1.165) is 22.6 Å². The fraction of sp³-hybridized carbons (Fsp3) is 0.417. The van der Waals surface area contributed by atoms with E-state index in [1.807, 2.05) is 24.6 Å². The molecule has 10 nitrogen and oxygen atoms in total. The zero-order valence-corrected chi connectivity index (χ0v) is 20.7. The topological polar surface area (TPSA) is 135 Å². The molecule has 11 heteroatoms. The lowest BCUT2D eigenvalue weighted by molar-refractivity contribution is -0.138. The number of carboxylic acids is 1. The van der Waals surface area contributed by atoms with Gasteiger partial charge in [-0.2, -0.15) is 4.98 Å². The molecule has 186 valence electrons. The van der Waals surface area contributed by atoms with E-state index in [1.165, 1.54) is 0 Å². The Morgan fingerprint density at radius 1 is 1.23 bits per heavy atom. The van der Waals surface area contributed by atoms with Crippen LogP contribution in [0.4, 0.5) is 5.95 Å². The minimum atomic E-state index is -0.879. The van der Waals surface area contributed by atoms with Crippen LogP contribution in [0.2, 0.25) is 5.15 Å². The van der Waals surface area contributed by atoms with Crippen molar-refractivity contribution in [2.45, 2.75) is 33.2 Å². The van der Waals surface area contributed by atoms with Crippen molar-refractivity contribution in [3.05, 3.63) is 39.9 Å². The zero-order valence-electron chi connectivity index (χ0n) is 19.9. The third-order valence-corrected chi connectivity index (χ3v) is 5.47. The number of pyridine rings is 1. The highest BCUT2D eigenvalue weighted by Gasteiger charge is 2.17. The Kier molecular flexibility index (Phi) is 9.25. The van der Waals surface area contributed by atoms with E-state index < -0.39 is 5.97 Å². The number of nitrogen functional groups attached to an aromatic ring is 1. The highest BCUT2D eigenvalue weighted by molar-refractivity contribution is 6.34. The minimum Gasteiger partial charge on any atom is -0.496 e. The predicted octanol–water partition coefficient (Wildman–Crippen LogP) is 2.99. The number of methoxy groups -OCH3 is 1. The van der Waals surface area contributed by atoms with Gasteiger partial charge in [0.15, 0.2) is 0 Å². The molecule has 0 bridgehead atoms. The van der Waals surface area contributed by atoms with E-state index in [2.05, 4.69) is 26.8 Å². The monoisotopic (exact) mass is 501 g/mol. The van der Waals surface area contributed by atoms with Gasteiger partial charge in [-0.1, -0.05) is 23.4 Å². The summed E-state index contributed by atoms with van der Waals surface area (Å²) in [7, 11) is 1.64. The summed E-state index contributed by atoms with van der Waals surface area (Å²) in [5.74, 6) is 6.05. The first-order valence-corrected chi connectivity index (χ1v) is 11.4. The van der Waals surface area contributed by atoms with Gasteiger partial charge < -0.3 is 29.6 Å². The molecule has 3 aromatic heterocycles. The normalized spacial score (nSPS) is 10.9. The van der Waals surface area contributed by atoms with Crippen LogP contribution in [0.1, 0.15) is 35.2 Å². The van der Waals surface area contributed by atoms with Crippen LogP contribution in [0.25, 0.3) is 11.0 Å². The maximum atomic E-state index is 10.4. The van der Waals surface area contributed by atoms with Gasteiger partial charge in [0.05, 0.1) is 49.9 Å². The molecular formula is C24H28ClN5O5. The largest absolute Gasteiger partial charge is 0.496 e. The first kappa shape index (κ1) is 26.2. The first-order valence-electron chi connectivity index (χ1n) is 11.0. The Balaban J connectivity index is 1.72. The molecule has 3 aromatic rings. The number of ether oxygens (including phenoxy) is 3. The Morgan fingerprint density at radius 3 is 2.74 bits per heavy atom. The first-order chi connectivity index (χ1) is 16.8. The van der Waals surface area contributed by atoms with E-state index in [1.54, 1.807) is 13.3 Å². The number of hydrogen-bond donors (Lipinski definition) is 2. The van der Waals surface area contributed by atoms with E-state index in [-0.39, 0.29) is 30.7 Å². The summed E-state index contributed by atoms with van der Waals surface area (Å²) >= 11 is 6.40. The second-order valence-electron chi connectivity index (χ2n) is 7.75. The summed E-state index contributed by atoms with van der Waals surface area (Å²) in [5, 5.41) is 9.40. The summed E-state index contributed by atoms with van der Waals surface area (Å²) in [4.78, 5) is 23.5. The molecule has 3 rings (SSSR count). The highest BCUT2D eigenvalue weighted by Crippen LogP contribution is 2.29. The number of rotatable bonds is 11. The predicted molar refractivity (Wildman–Crippen MR) is 132 cm³/mol. The molecule has 0 fully saturated rings. The number of aliphatic carboxylic acids is 1. The standard InChI is InChI=1S/C24H28ClN5O5/c1-15-12-27-18(16(2)21(15)33-3)14-30-13-17(20-22(25)28-24(26)29-23(20)30)6-4-8-34-9-5-10-35-11-7-19(31)32/h12-13H,5,7-11,14H2,1-3H3,(H,31,32)(H2,26,28,29). The molecule has 0 aliphatic heterocycles. The lowest BCUT2D eigenvalue weighted by Crippen LogP contribution is -2.07. The van der Waals surface area contributed by atoms with Crippen LogP contribution in [0, 0.1) is 25.7 Å². The van der Waals surface area contributed by atoms with E-state index in [9.17, 15) is 4.79 Å². The second kappa shape index (κ2) is 12.4. The summed E-state index contributed by atoms with van der Waals surface area (Å²) < 4.78 is 18.2. The second-order valence-corrected chi connectivity index (χ2v) is 8.11. The third kappa shape index (κ3) is 6.82. The summed E-state index contributed by atoms with van der Waals surface area (Å²) in [6.07, 6.45) is 4.26. The molecule has 0 aliphatic rings. The number of halogens is 1. The van der Waals surface area contributed by atoms with Gasteiger partial charge in [0, 0.05) is 30.1 Å². The van der Waals surface area contributed by atoms with Crippen molar-refractivity contribution in [1.29, 1.82) is 0 Å². The average Bonchev–Trinajstić information content (AvgIpc) is 3.14. The number of carboxylic acid groups (broad SMARTS) is 1. The lowest BCUT2D eigenvalue weighted by Gasteiger charge is -2.13. The van der Waals surface area contributed by atoms with Crippen molar-refractivity contribution in [3.8, 4) is 17.6 Å². The Labute approximate surface area is 208 Å². The number of nitrogens with two attached hydrogens (primary N) is 1. The highest BCUT2D eigenvalue weighted by atomic mass is 35.5. The lowest BCUT2D eigenvalue weighted by atomic mass is 10.1. The zero-order chi connectivity index (χ0) is 25.4.